The molecule has 10 N–H and O–H groups in total. The number of nitrogen functional groups attached to an aromatic ring is 1. The Morgan fingerprint density at radius 3 is 2.45 bits per heavy atom. The van der Waals surface area contributed by atoms with Crippen LogP contribution in [0.3, 0.4) is 0 Å². The topological polar surface area (TPSA) is 193 Å². The van der Waals surface area contributed by atoms with Gasteiger partial charge in [0.15, 0.2) is 11.5 Å². The van der Waals surface area contributed by atoms with E-state index in [9.17, 15) is 4.79 Å². The van der Waals surface area contributed by atoms with Crippen LogP contribution in [0.2, 0.25) is 0 Å². The van der Waals surface area contributed by atoms with Gasteiger partial charge in [-0.15, -0.1) is 0 Å². The molecule has 10 nitrogen and oxygen atoms in total. The lowest BCUT2D eigenvalue weighted by Crippen LogP contribution is -2.33. The van der Waals surface area contributed by atoms with Gasteiger partial charge in [-0.05, 0) is 43.9 Å². The van der Waals surface area contributed by atoms with Crippen LogP contribution < -0.4 is 27.8 Å². The molecule has 0 radical (unpaired) electrons. The smallest absolute Gasteiger partial charge is 0.271 e. The number of hydrogen-bond donors (Lipinski definition) is 7. The van der Waals surface area contributed by atoms with Gasteiger partial charge in [0.2, 0.25) is 0 Å². The molecule has 1 saturated carbocycles. The summed E-state index contributed by atoms with van der Waals surface area (Å²) in [6.45, 7) is 0. The highest BCUT2D eigenvalue weighted by atomic mass is 16.1. The first kappa shape index (κ1) is 21.8. The molecular weight excluding hydrogens is 370 g/mol. The van der Waals surface area contributed by atoms with Gasteiger partial charge in [-0.1, -0.05) is 6.07 Å². The van der Waals surface area contributed by atoms with Crippen molar-refractivity contribution in [3.05, 3.63) is 36.2 Å². The zero-order chi connectivity index (χ0) is 21.2. The van der Waals surface area contributed by atoms with Gasteiger partial charge in [-0.25, -0.2) is 9.97 Å². The van der Waals surface area contributed by atoms with Gasteiger partial charge in [-0.2, -0.15) is 0 Å². The number of carbonyl (C=O) groups excluding carboxylic acids is 1. The summed E-state index contributed by atoms with van der Waals surface area (Å²) >= 11 is 0. The molecule has 154 valence electrons. The SMILES string of the molecule is N=CC=N.NC(=O)c1ncc(NC2CCC(N)CC2)nc1Nc1cccc(N)c1. The van der Waals surface area contributed by atoms with Crippen LogP contribution >= 0.6 is 0 Å². The number of rotatable bonds is 6. The van der Waals surface area contributed by atoms with E-state index < -0.39 is 5.91 Å². The van der Waals surface area contributed by atoms with Gasteiger partial charge in [-0.3, -0.25) is 4.79 Å². The van der Waals surface area contributed by atoms with Gasteiger partial charge in [0, 0.05) is 35.9 Å². The second kappa shape index (κ2) is 10.7. The lowest BCUT2D eigenvalue weighted by atomic mass is 9.92. The molecule has 1 aliphatic rings. The van der Waals surface area contributed by atoms with Crippen LogP contribution in [0, 0.1) is 10.8 Å². The van der Waals surface area contributed by atoms with Gasteiger partial charge in [0.25, 0.3) is 5.91 Å². The van der Waals surface area contributed by atoms with Gasteiger partial charge in [0.1, 0.15) is 5.82 Å². The van der Waals surface area contributed by atoms with Crippen molar-refractivity contribution in [2.45, 2.75) is 37.8 Å². The summed E-state index contributed by atoms with van der Waals surface area (Å²) in [7, 11) is 0. The number of amides is 1. The molecule has 3 rings (SSSR count). The summed E-state index contributed by atoms with van der Waals surface area (Å²) in [5, 5.41) is 18.6. The highest BCUT2D eigenvalue weighted by Crippen LogP contribution is 2.23. The van der Waals surface area contributed by atoms with Crippen LogP contribution in [0.15, 0.2) is 30.5 Å². The molecule has 10 heteroatoms. The van der Waals surface area contributed by atoms with Crippen LogP contribution in [0.1, 0.15) is 36.2 Å². The Balaban J connectivity index is 0.000000687. The second-order valence-corrected chi connectivity index (χ2v) is 6.66. The van der Waals surface area contributed by atoms with Crippen LogP contribution in [0.4, 0.5) is 23.0 Å². The normalized spacial score (nSPS) is 18.0. The van der Waals surface area contributed by atoms with E-state index in [0.717, 1.165) is 38.1 Å². The summed E-state index contributed by atoms with van der Waals surface area (Å²) in [6, 6.07) is 7.73. The molecule has 1 aliphatic carbocycles. The van der Waals surface area contributed by atoms with Crippen molar-refractivity contribution in [2.24, 2.45) is 11.5 Å². The zero-order valence-electron chi connectivity index (χ0n) is 16.1. The molecule has 0 bridgehead atoms. The maximum Gasteiger partial charge on any atom is 0.271 e. The average Bonchev–Trinajstić information content (AvgIpc) is 2.70. The largest absolute Gasteiger partial charge is 0.399 e. The molecule has 1 amide bonds. The minimum absolute atomic E-state index is 0.0821. The first-order valence-electron chi connectivity index (χ1n) is 9.24. The fraction of sp³-hybridized carbons (Fsp3) is 0.316. The molecule has 1 heterocycles. The molecule has 1 fully saturated rings. The highest BCUT2D eigenvalue weighted by Gasteiger charge is 2.20. The lowest BCUT2D eigenvalue weighted by molar-refractivity contribution is 0.0996. The number of nitrogens with zero attached hydrogens (tertiary/aromatic N) is 2. The van der Waals surface area contributed by atoms with Crippen molar-refractivity contribution in [3.63, 3.8) is 0 Å². The number of carbonyl (C=O) groups is 1. The fourth-order valence-electron chi connectivity index (χ4n) is 2.95. The molecule has 1 aromatic heterocycles. The Bertz CT molecular complexity index is 841. The Morgan fingerprint density at radius 2 is 1.86 bits per heavy atom. The Kier molecular flexibility index (Phi) is 8.04. The molecule has 0 spiro atoms. The van der Waals surface area contributed by atoms with E-state index in [2.05, 4.69) is 20.6 Å². The van der Waals surface area contributed by atoms with E-state index in [4.69, 9.17) is 28.0 Å². The predicted molar refractivity (Wildman–Crippen MR) is 116 cm³/mol. The number of anilines is 4. The van der Waals surface area contributed by atoms with Crippen LogP contribution in [-0.2, 0) is 0 Å². The van der Waals surface area contributed by atoms with Gasteiger partial charge in [0.05, 0.1) is 6.20 Å². The van der Waals surface area contributed by atoms with Gasteiger partial charge < -0.3 is 38.7 Å². The minimum atomic E-state index is -0.644. The average molecular weight is 397 g/mol. The number of hydrogen-bond acceptors (Lipinski definition) is 9. The quantitative estimate of drug-likeness (QED) is 0.285. The third kappa shape index (κ3) is 6.85. The van der Waals surface area contributed by atoms with Crippen LogP contribution in [-0.4, -0.2) is 40.4 Å². The van der Waals surface area contributed by atoms with E-state index in [1.807, 2.05) is 12.1 Å². The third-order valence-electron chi connectivity index (χ3n) is 4.36. The van der Waals surface area contributed by atoms with Crippen molar-refractivity contribution in [1.82, 2.24) is 9.97 Å². The van der Waals surface area contributed by atoms with Crippen LogP contribution in [0.5, 0.6) is 0 Å². The summed E-state index contributed by atoms with van der Waals surface area (Å²) in [5.41, 5.74) is 18.5. The molecule has 0 atom stereocenters. The second-order valence-electron chi connectivity index (χ2n) is 6.66. The first-order chi connectivity index (χ1) is 13.9. The van der Waals surface area contributed by atoms with E-state index in [-0.39, 0.29) is 11.7 Å². The van der Waals surface area contributed by atoms with Crippen LogP contribution in [0.25, 0.3) is 0 Å². The molecule has 29 heavy (non-hydrogen) atoms. The lowest BCUT2D eigenvalue weighted by Gasteiger charge is -2.27. The number of aromatic nitrogens is 2. The Labute approximate surface area is 169 Å². The Hall–Kier alpha value is -3.53. The van der Waals surface area contributed by atoms with E-state index in [0.29, 0.717) is 29.1 Å². The fourth-order valence-corrected chi connectivity index (χ4v) is 2.95. The van der Waals surface area contributed by atoms with Crippen molar-refractivity contribution in [2.75, 3.05) is 16.4 Å². The van der Waals surface area contributed by atoms with Crippen molar-refractivity contribution in [3.8, 4) is 0 Å². The highest BCUT2D eigenvalue weighted by molar-refractivity contribution is 6.12. The van der Waals surface area contributed by atoms with Crippen molar-refractivity contribution < 1.29 is 4.79 Å². The summed E-state index contributed by atoms with van der Waals surface area (Å²) in [4.78, 5) is 20.3. The monoisotopic (exact) mass is 397 g/mol. The molecule has 0 saturated heterocycles. The Morgan fingerprint density at radius 1 is 1.17 bits per heavy atom. The maximum atomic E-state index is 11.6. The summed E-state index contributed by atoms with van der Waals surface area (Å²) in [6.07, 6.45) is 7.30. The number of benzene rings is 1. The third-order valence-corrected chi connectivity index (χ3v) is 4.36. The zero-order valence-corrected chi connectivity index (χ0v) is 16.1. The minimum Gasteiger partial charge on any atom is -0.399 e. The first-order valence-corrected chi connectivity index (χ1v) is 9.24. The number of primary amides is 1. The maximum absolute atomic E-state index is 11.6. The molecule has 0 unspecified atom stereocenters. The number of nitrogens with two attached hydrogens (primary N) is 3. The summed E-state index contributed by atoms with van der Waals surface area (Å²) < 4.78 is 0. The molecule has 2 aromatic rings. The van der Waals surface area contributed by atoms with E-state index in [1.54, 1.807) is 12.1 Å². The van der Waals surface area contributed by atoms with E-state index in [1.165, 1.54) is 6.20 Å². The van der Waals surface area contributed by atoms with E-state index >= 15 is 0 Å². The molecule has 1 aromatic carbocycles. The molecular formula is C19H27N9O. The standard InChI is InChI=1S/C17H23N7O.C2H4N2/c18-10-4-6-12(7-5-10)22-14-9-21-15(16(20)25)17(24-14)23-13-3-1-2-11(19)8-13;3-1-2-4/h1-3,8-10,12H,4-7,18-19H2,(H2,20,25)(H2,22,23,24);1-4H. The summed E-state index contributed by atoms with van der Waals surface area (Å²) in [5.74, 6) is 0.251. The van der Waals surface area contributed by atoms with Crippen molar-refractivity contribution in [1.29, 1.82) is 10.8 Å². The predicted octanol–water partition coefficient (Wildman–Crippen LogP) is 1.87. The number of nitrogens with one attached hydrogen (secondary N) is 4. The van der Waals surface area contributed by atoms with Gasteiger partial charge >= 0.3 is 0 Å². The molecule has 0 aliphatic heterocycles. The van der Waals surface area contributed by atoms with Crippen molar-refractivity contribution >= 4 is 41.3 Å².